The zero-order valence-corrected chi connectivity index (χ0v) is 11.7. The smallest absolute Gasteiger partial charge is 0.120 e. The van der Waals surface area contributed by atoms with Crippen molar-refractivity contribution in [2.75, 3.05) is 6.61 Å². The quantitative estimate of drug-likeness (QED) is 0.882. The van der Waals surface area contributed by atoms with E-state index in [4.69, 9.17) is 22.1 Å². The summed E-state index contributed by atoms with van der Waals surface area (Å²) in [5, 5.41) is 0.700. The van der Waals surface area contributed by atoms with Crippen LogP contribution >= 0.6 is 11.6 Å². The van der Waals surface area contributed by atoms with E-state index < -0.39 is 0 Å². The maximum Gasteiger partial charge on any atom is 0.120 e. The molecule has 0 bridgehead atoms. The largest absolute Gasteiger partial charge is 0.493 e. The van der Waals surface area contributed by atoms with Crippen molar-refractivity contribution in [3.63, 3.8) is 0 Å². The molecule has 1 unspecified atom stereocenters. The van der Waals surface area contributed by atoms with Crippen molar-refractivity contribution >= 4 is 11.6 Å². The average molecular weight is 268 g/mol. The lowest BCUT2D eigenvalue weighted by molar-refractivity contribution is 0.209. The van der Waals surface area contributed by atoms with Crippen molar-refractivity contribution in [3.8, 4) is 5.75 Å². The topological polar surface area (TPSA) is 35.2 Å². The Bertz CT molecular complexity index is 386. The van der Waals surface area contributed by atoms with Crippen LogP contribution in [0.4, 0.5) is 0 Å². The molecule has 0 aliphatic heterocycles. The molecule has 2 N–H and O–H groups in total. The van der Waals surface area contributed by atoms with Crippen LogP contribution in [0.1, 0.15) is 50.6 Å². The third-order valence-corrected chi connectivity index (χ3v) is 4.00. The molecule has 100 valence electrons. The molecular weight excluding hydrogens is 246 g/mol. The molecule has 18 heavy (non-hydrogen) atoms. The molecule has 2 nitrogen and oxygen atoms in total. The molecule has 1 aromatic rings. The van der Waals surface area contributed by atoms with E-state index in [0.29, 0.717) is 10.9 Å². The first kappa shape index (κ1) is 13.7. The Morgan fingerprint density at radius 1 is 1.33 bits per heavy atom. The monoisotopic (exact) mass is 267 g/mol. The number of rotatable bonds is 4. The zero-order chi connectivity index (χ0) is 13.0. The van der Waals surface area contributed by atoms with Gasteiger partial charge in [-0.25, -0.2) is 0 Å². The molecule has 3 heteroatoms. The van der Waals surface area contributed by atoms with Gasteiger partial charge in [0, 0.05) is 11.1 Å². The van der Waals surface area contributed by atoms with Crippen LogP contribution in [0.25, 0.3) is 0 Å². The van der Waals surface area contributed by atoms with E-state index in [0.717, 1.165) is 17.9 Å². The summed E-state index contributed by atoms with van der Waals surface area (Å²) in [6, 6.07) is 5.77. The maximum absolute atomic E-state index is 6.19. The highest BCUT2D eigenvalue weighted by molar-refractivity contribution is 6.31. The third kappa shape index (κ3) is 3.63. The normalized spacial score (nSPS) is 18.6. The second kappa shape index (κ2) is 6.44. The van der Waals surface area contributed by atoms with Crippen LogP contribution in [-0.4, -0.2) is 6.61 Å². The van der Waals surface area contributed by atoms with Gasteiger partial charge >= 0.3 is 0 Å². The first-order chi connectivity index (χ1) is 8.66. The van der Waals surface area contributed by atoms with E-state index in [1.807, 2.05) is 25.1 Å². The lowest BCUT2D eigenvalue weighted by atomic mass is 9.90. The molecule has 0 spiro atoms. The summed E-state index contributed by atoms with van der Waals surface area (Å²) in [6.45, 7) is 2.75. The molecule has 1 atom stereocenters. The lowest BCUT2D eigenvalue weighted by Gasteiger charge is -2.22. The number of halogens is 1. The fourth-order valence-corrected chi connectivity index (χ4v) is 2.88. The maximum atomic E-state index is 6.19. The van der Waals surface area contributed by atoms with Crippen molar-refractivity contribution in [1.29, 1.82) is 0 Å². The Hall–Kier alpha value is -0.730. The molecule has 1 fully saturated rings. The number of hydrogen-bond donors (Lipinski definition) is 1. The van der Waals surface area contributed by atoms with Crippen LogP contribution in [-0.2, 0) is 0 Å². The number of hydrogen-bond acceptors (Lipinski definition) is 2. The molecule has 1 aliphatic carbocycles. The van der Waals surface area contributed by atoms with E-state index in [-0.39, 0.29) is 6.04 Å². The van der Waals surface area contributed by atoms with Crippen molar-refractivity contribution in [2.45, 2.75) is 45.1 Å². The number of ether oxygens (including phenoxy) is 1. The summed E-state index contributed by atoms with van der Waals surface area (Å²) < 4.78 is 5.84. The predicted molar refractivity (Wildman–Crippen MR) is 76.1 cm³/mol. The zero-order valence-electron chi connectivity index (χ0n) is 11.0. The molecule has 0 amide bonds. The van der Waals surface area contributed by atoms with Crippen LogP contribution in [0.5, 0.6) is 5.75 Å². The SMILES string of the molecule is CC(N)c1ccc(OCC2CCCCC2)cc1Cl. The Balaban J connectivity index is 1.91. The van der Waals surface area contributed by atoms with Gasteiger partial charge in [0.2, 0.25) is 0 Å². The van der Waals surface area contributed by atoms with Crippen molar-refractivity contribution < 1.29 is 4.74 Å². The summed E-state index contributed by atoms with van der Waals surface area (Å²) in [7, 11) is 0. The van der Waals surface area contributed by atoms with E-state index in [1.54, 1.807) is 0 Å². The summed E-state index contributed by atoms with van der Waals surface area (Å²) in [5.74, 6) is 1.57. The van der Waals surface area contributed by atoms with E-state index in [9.17, 15) is 0 Å². The molecule has 0 heterocycles. The molecule has 1 aliphatic rings. The molecular formula is C15H22ClNO. The van der Waals surface area contributed by atoms with Crippen LogP contribution in [0, 0.1) is 5.92 Å². The van der Waals surface area contributed by atoms with Gasteiger partial charge in [0.05, 0.1) is 6.61 Å². The van der Waals surface area contributed by atoms with Gasteiger partial charge in [0.25, 0.3) is 0 Å². The van der Waals surface area contributed by atoms with Gasteiger partial charge in [-0.1, -0.05) is 36.9 Å². The lowest BCUT2D eigenvalue weighted by Crippen LogP contribution is -2.15. The molecule has 1 aromatic carbocycles. The standard InChI is InChI=1S/C15H22ClNO/c1-11(17)14-8-7-13(9-15(14)16)18-10-12-5-3-2-4-6-12/h7-9,11-12H,2-6,10,17H2,1H3. The van der Waals surface area contributed by atoms with Gasteiger partial charge in [-0.15, -0.1) is 0 Å². The number of nitrogens with two attached hydrogens (primary N) is 1. The van der Waals surface area contributed by atoms with Crippen molar-refractivity contribution in [3.05, 3.63) is 28.8 Å². The van der Waals surface area contributed by atoms with Crippen LogP contribution in [0.3, 0.4) is 0 Å². The van der Waals surface area contributed by atoms with Gasteiger partial charge < -0.3 is 10.5 Å². The summed E-state index contributed by atoms with van der Waals surface area (Å²) in [6.07, 6.45) is 6.67. The first-order valence-corrected chi connectivity index (χ1v) is 7.22. The Kier molecular flexibility index (Phi) is 4.90. The minimum Gasteiger partial charge on any atom is -0.493 e. The summed E-state index contributed by atoms with van der Waals surface area (Å²) >= 11 is 6.19. The third-order valence-electron chi connectivity index (χ3n) is 3.67. The number of benzene rings is 1. The molecule has 2 rings (SSSR count). The predicted octanol–water partition coefficient (Wildman–Crippen LogP) is 4.32. The molecule has 0 aromatic heterocycles. The fourth-order valence-electron chi connectivity index (χ4n) is 2.53. The average Bonchev–Trinajstić information content (AvgIpc) is 2.37. The van der Waals surface area contributed by atoms with Gasteiger partial charge in [0.1, 0.15) is 5.75 Å². The fraction of sp³-hybridized carbons (Fsp3) is 0.600. The van der Waals surface area contributed by atoms with E-state index in [1.165, 1.54) is 32.1 Å². The van der Waals surface area contributed by atoms with Gasteiger partial charge in [-0.3, -0.25) is 0 Å². The van der Waals surface area contributed by atoms with Gasteiger partial charge in [-0.2, -0.15) is 0 Å². The van der Waals surface area contributed by atoms with Crippen molar-refractivity contribution in [1.82, 2.24) is 0 Å². The molecule has 0 saturated heterocycles. The van der Waals surface area contributed by atoms with E-state index >= 15 is 0 Å². The Labute approximate surface area is 114 Å². The Morgan fingerprint density at radius 3 is 2.67 bits per heavy atom. The molecule has 1 saturated carbocycles. The van der Waals surface area contributed by atoms with Crippen LogP contribution < -0.4 is 10.5 Å². The van der Waals surface area contributed by atoms with Crippen LogP contribution in [0.2, 0.25) is 5.02 Å². The van der Waals surface area contributed by atoms with Crippen LogP contribution in [0.15, 0.2) is 18.2 Å². The molecule has 0 radical (unpaired) electrons. The Morgan fingerprint density at radius 2 is 2.06 bits per heavy atom. The van der Waals surface area contributed by atoms with Gasteiger partial charge in [-0.05, 0) is 43.4 Å². The summed E-state index contributed by atoms with van der Waals surface area (Å²) in [5.41, 5.74) is 6.80. The second-order valence-electron chi connectivity index (χ2n) is 5.29. The minimum absolute atomic E-state index is 0.0371. The van der Waals surface area contributed by atoms with Gasteiger partial charge in [0.15, 0.2) is 0 Å². The minimum atomic E-state index is -0.0371. The summed E-state index contributed by atoms with van der Waals surface area (Å²) in [4.78, 5) is 0. The highest BCUT2D eigenvalue weighted by atomic mass is 35.5. The highest BCUT2D eigenvalue weighted by Gasteiger charge is 2.14. The second-order valence-corrected chi connectivity index (χ2v) is 5.69. The van der Waals surface area contributed by atoms with E-state index in [2.05, 4.69) is 0 Å². The first-order valence-electron chi connectivity index (χ1n) is 6.84. The van der Waals surface area contributed by atoms with Crippen molar-refractivity contribution in [2.24, 2.45) is 11.7 Å². The highest BCUT2D eigenvalue weighted by Crippen LogP contribution is 2.28.